The molecule has 0 spiro atoms. The molecule has 0 aliphatic rings. The maximum absolute atomic E-state index is 13.7. The number of halogens is 9. The largest absolute Gasteiger partial charge is 0.405 e. The van der Waals surface area contributed by atoms with Gasteiger partial charge in [0.25, 0.3) is 0 Å². The fraction of sp³-hybridized carbons (Fsp3) is 0.273. The van der Waals surface area contributed by atoms with Crippen LogP contribution in [0.15, 0.2) is 40.9 Å². The molecular weight excluding hydrogens is 621 g/mol. The van der Waals surface area contributed by atoms with Crippen LogP contribution in [0.2, 0.25) is 10.0 Å². The molecular formula is C22H17BrCl2F6N2S2. The molecule has 0 heterocycles. The molecule has 0 aliphatic heterocycles. The third kappa shape index (κ3) is 9.20. The number of hydrogen-bond donors (Lipinski definition) is 2. The molecule has 190 valence electrons. The average Bonchev–Trinajstić information content (AvgIpc) is 2.73. The molecule has 0 fully saturated rings. The van der Waals surface area contributed by atoms with E-state index in [-0.39, 0.29) is 32.1 Å². The van der Waals surface area contributed by atoms with Crippen molar-refractivity contribution in [3.63, 3.8) is 0 Å². The van der Waals surface area contributed by atoms with E-state index < -0.39 is 24.8 Å². The zero-order valence-electron chi connectivity index (χ0n) is 17.8. The van der Waals surface area contributed by atoms with Gasteiger partial charge in [0.1, 0.15) is 11.5 Å². The average molecular weight is 638 g/mol. The molecule has 2 N–H and O–H groups in total. The van der Waals surface area contributed by atoms with Crippen LogP contribution in [-0.4, -0.2) is 35.4 Å². The van der Waals surface area contributed by atoms with Crippen LogP contribution >= 0.6 is 63.6 Å². The van der Waals surface area contributed by atoms with E-state index in [0.717, 1.165) is 6.08 Å². The second-order valence-corrected chi connectivity index (χ2v) is 9.87. The van der Waals surface area contributed by atoms with Gasteiger partial charge in [-0.3, -0.25) is 0 Å². The first-order valence-electron chi connectivity index (χ1n) is 9.70. The highest BCUT2D eigenvalue weighted by atomic mass is 79.9. The first-order valence-corrected chi connectivity index (χ1v) is 12.1. The van der Waals surface area contributed by atoms with Gasteiger partial charge in [0.2, 0.25) is 0 Å². The second kappa shape index (κ2) is 12.2. The Morgan fingerprint density at radius 2 is 1.63 bits per heavy atom. The summed E-state index contributed by atoms with van der Waals surface area (Å²) in [5.41, 5.74) is 1.33. The molecule has 0 bridgehead atoms. The van der Waals surface area contributed by atoms with Crippen molar-refractivity contribution in [1.82, 2.24) is 10.6 Å². The lowest BCUT2D eigenvalue weighted by Gasteiger charge is -2.19. The van der Waals surface area contributed by atoms with Gasteiger partial charge in [0.15, 0.2) is 0 Å². The van der Waals surface area contributed by atoms with Crippen LogP contribution in [0.25, 0.3) is 6.08 Å². The Balaban J connectivity index is 2.15. The quantitative estimate of drug-likeness (QED) is 0.236. The summed E-state index contributed by atoms with van der Waals surface area (Å²) in [4.78, 5) is 0.121. The number of allylic oxidation sites excluding steroid dienone is 1. The first-order chi connectivity index (χ1) is 16.1. The molecule has 2 aromatic rings. The summed E-state index contributed by atoms with van der Waals surface area (Å²) >= 11 is 25.4. The number of thiocarbonyl (C=S) groups is 2. The molecule has 0 saturated heterocycles. The van der Waals surface area contributed by atoms with Gasteiger partial charge in [-0.2, -0.15) is 26.3 Å². The number of alkyl halides is 6. The zero-order chi connectivity index (χ0) is 26.6. The molecule has 0 aromatic heterocycles. The molecule has 13 heteroatoms. The van der Waals surface area contributed by atoms with Gasteiger partial charge in [0.05, 0.1) is 17.5 Å². The summed E-state index contributed by atoms with van der Waals surface area (Å²) in [6.45, 7) is 0.232. The van der Waals surface area contributed by atoms with Crippen molar-refractivity contribution < 1.29 is 26.3 Å². The van der Waals surface area contributed by atoms with Crippen LogP contribution in [0.5, 0.6) is 0 Å². The molecule has 2 aromatic carbocycles. The monoisotopic (exact) mass is 636 g/mol. The van der Waals surface area contributed by atoms with Gasteiger partial charge in [-0.25, -0.2) is 0 Å². The zero-order valence-corrected chi connectivity index (χ0v) is 22.5. The number of rotatable bonds is 7. The fourth-order valence-electron chi connectivity index (χ4n) is 2.80. The summed E-state index contributed by atoms with van der Waals surface area (Å²) < 4.78 is 78.4. The van der Waals surface area contributed by atoms with Crippen molar-refractivity contribution in [2.45, 2.75) is 25.2 Å². The van der Waals surface area contributed by atoms with Crippen molar-refractivity contribution >= 4 is 79.6 Å². The van der Waals surface area contributed by atoms with Crippen molar-refractivity contribution in [2.24, 2.45) is 0 Å². The van der Waals surface area contributed by atoms with E-state index in [0.29, 0.717) is 21.2 Å². The smallest absolute Gasteiger partial charge is 0.369 e. The maximum atomic E-state index is 13.7. The second-order valence-electron chi connectivity index (χ2n) is 7.30. The van der Waals surface area contributed by atoms with E-state index in [1.54, 1.807) is 25.1 Å². The molecule has 0 radical (unpaired) electrons. The molecule has 0 amide bonds. The summed E-state index contributed by atoms with van der Waals surface area (Å²) in [7, 11) is 0. The predicted octanol–water partition coefficient (Wildman–Crippen LogP) is 8.17. The highest BCUT2D eigenvalue weighted by Crippen LogP contribution is 2.39. The van der Waals surface area contributed by atoms with E-state index in [9.17, 15) is 26.3 Å². The van der Waals surface area contributed by atoms with Crippen LogP contribution in [-0.2, 0) is 0 Å². The topological polar surface area (TPSA) is 24.1 Å². The van der Waals surface area contributed by atoms with Crippen molar-refractivity contribution in [3.8, 4) is 0 Å². The Labute approximate surface area is 227 Å². The van der Waals surface area contributed by atoms with Crippen molar-refractivity contribution in [1.29, 1.82) is 0 Å². The van der Waals surface area contributed by atoms with Crippen LogP contribution in [0, 0.1) is 6.92 Å². The van der Waals surface area contributed by atoms with Crippen LogP contribution in [0.4, 0.5) is 26.3 Å². The number of nitrogens with one attached hydrogen (secondary N) is 2. The van der Waals surface area contributed by atoms with Crippen molar-refractivity contribution in [3.05, 3.63) is 73.2 Å². The molecule has 0 aliphatic carbocycles. The Bertz CT molecular complexity index is 1110. The predicted molar refractivity (Wildman–Crippen MR) is 140 cm³/mol. The summed E-state index contributed by atoms with van der Waals surface area (Å²) in [6, 6.07) is 7.15. The summed E-state index contributed by atoms with van der Waals surface area (Å²) in [5.74, 6) is -1.94. The standard InChI is InChI=1S/C22H17BrCl2F6N2S2/c1-11-17(24)7-13(8-18(11)25)15(22(29,30)31)5-3-12-2-4-14(16(23)6-12)20(35)32-9-19(34)33-10-21(26,27)28/h2-8,15H,9-10H2,1H3,(H,32,35)(H,33,34)/b5-3+. The van der Waals surface area contributed by atoms with Crippen LogP contribution in [0.3, 0.4) is 0 Å². The van der Waals surface area contributed by atoms with Crippen LogP contribution in [0.1, 0.15) is 28.2 Å². The normalized spacial score (nSPS) is 13.1. The molecule has 0 saturated carbocycles. The van der Waals surface area contributed by atoms with Gasteiger partial charge in [0, 0.05) is 20.1 Å². The number of hydrogen-bond acceptors (Lipinski definition) is 2. The van der Waals surface area contributed by atoms with E-state index in [1.807, 2.05) is 0 Å². The molecule has 35 heavy (non-hydrogen) atoms. The minimum Gasteiger partial charge on any atom is -0.369 e. The van der Waals surface area contributed by atoms with Gasteiger partial charge >= 0.3 is 12.4 Å². The van der Waals surface area contributed by atoms with E-state index in [1.165, 1.54) is 18.2 Å². The Hall–Kier alpha value is -1.40. The Kier molecular flexibility index (Phi) is 10.4. The summed E-state index contributed by atoms with van der Waals surface area (Å²) in [5, 5.41) is 5.08. The maximum Gasteiger partial charge on any atom is 0.405 e. The van der Waals surface area contributed by atoms with Gasteiger partial charge < -0.3 is 10.6 Å². The highest BCUT2D eigenvalue weighted by molar-refractivity contribution is 9.10. The van der Waals surface area contributed by atoms with Crippen molar-refractivity contribution in [2.75, 3.05) is 13.1 Å². The Morgan fingerprint density at radius 3 is 2.14 bits per heavy atom. The fourth-order valence-corrected chi connectivity index (χ4v) is 4.42. The molecule has 2 nitrogen and oxygen atoms in total. The van der Waals surface area contributed by atoms with E-state index in [4.69, 9.17) is 47.6 Å². The number of benzene rings is 2. The van der Waals surface area contributed by atoms with Crippen LogP contribution < -0.4 is 10.6 Å². The highest BCUT2D eigenvalue weighted by Gasteiger charge is 2.39. The van der Waals surface area contributed by atoms with Gasteiger partial charge in [-0.1, -0.05) is 87.9 Å². The summed E-state index contributed by atoms with van der Waals surface area (Å²) in [6.07, 6.45) is -6.68. The van der Waals surface area contributed by atoms with Gasteiger partial charge in [-0.05, 0) is 41.8 Å². The molecule has 1 unspecified atom stereocenters. The lowest BCUT2D eigenvalue weighted by molar-refractivity contribution is -0.139. The third-order valence-electron chi connectivity index (χ3n) is 4.63. The Morgan fingerprint density at radius 1 is 1.03 bits per heavy atom. The lowest BCUT2D eigenvalue weighted by Crippen LogP contribution is -2.39. The molecule has 1 atom stereocenters. The SMILES string of the molecule is Cc1c(Cl)cc(C(/C=C/c2ccc(C(=S)NCC(=S)NCC(F)(F)F)c(Br)c2)C(F)(F)F)cc1Cl. The first kappa shape index (κ1) is 29.8. The molecule has 2 rings (SSSR count). The minimum absolute atomic E-state index is 0.0742. The third-order valence-corrected chi connectivity index (χ3v) is 6.72. The lowest BCUT2D eigenvalue weighted by atomic mass is 9.96. The van der Waals surface area contributed by atoms with E-state index >= 15 is 0 Å². The van der Waals surface area contributed by atoms with Gasteiger partial charge in [-0.15, -0.1) is 0 Å². The minimum atomic E-state index is -4.58. The van der Waals surface area contributed by atoms with E-state index in [2.05, 4.69) is 26.6 Å².